The maximum atomic E-state index is 13.2. The molecule has 0 radical (unpaired) electrons. The number of aromatic nitrogens is 1. The van der Waals surface area contributed by atoms with Crippen molar-refractivity contribution in [3.8, 4) is 11.3 Å². The first-order chi connectivity index (χ1) is 17.8. The van der Waals surface area contributed by atoms with Crippen molar-refractivity contribution in [2.45, 2.75) is 24.0 Å². The Morgan fingerprint density at radius 1 is 0.973 bits per heavy atom. The predicted octanol–water partition coefficient (Wildman–Crippen LogP) is 7.08. The summed E-state index contributed by atoms with van der Waals surface area (Å²) in [5.41, 5.74) is 3.64. The van der Waals surface area contributed by atoms with Crippen molar-refractivity contribution in [2.24, 2.45) is 0 Å². The van der Waals surface area contributed by atoms with Crippen LogP contribution < -0.4 is 16.0 Å². The fraction of sp³-hybridized carbons (Fsp3) is 0.111. The number of benzene rings is 3. The van der Waals surface area contributed by atoms with Gasteiger partial charge in [-0.15, -0.1) is 23.1 Å². The van der Waals surface area contributed by atoms with Gasteiger partial charge in [0.05, 0.1) is 10.9 Å². The van der Waals surface area contributed by atoms with E-state index in [0.29, 0.717) is 21.5 Å². The molecule has 1 amide bonds. The molecule has 1 atom stereocenters. The molecule has 4 aromatic rings. The fourth-order valence-electron chi connectivity index (χ4n) is 3.28. The van der Waals surface area contributed by atoms with Crippen molar-refractivity contribution in [3.63, 3.8) is 0 Å². The molecule has 0 bridgehead atoms. The minimum atomic E-state index is -0.377. The van der Waals surface area contributed by atoms with Crippen LogP contribution in [0.3, 0.4) is 0 Å². The first-order valence-electron chi connectivity index (χ1n) is 11.2. The molecule has 37 heavy (non-hydrogen) atoms. The number of nitrogens with one attached hydrogen (secondary N) is 3. The van der Waals surface area contributed by atoms with Gasteiger partial charge in [0.25, 0.3) is 0 Å². The summed E-state index contributed by atoms with van der Waals surface area (Å²) in [6.45, 7) is 3.35. The largest absolute Gasteiger partial charge is 0.332 e. The van der Waals surface area contributed by atoms with E-state index in [-0.39, 0.29) is 22.8 Å². The lowest BCUT2D eigenvalue weighted by atomic mass is 10.1. The van der Waals surface area contributed by atoms with Crippen LogP contribution in [0.25, 0.3) is 11.3 Å². The molecule has 0 aliphatic rings. The van der Waals surface area contributed by atoms with Crippen molar-refractivity contribution in [1.82, 2.24) is 4.98 Å². The predicted molar refractivity (Wildman–Crippen MR) is 154 cm³/mol. The first-order valence-corrected chi connectivity index (χ1v) is 13.4. The molecule has 1 aromatic heterocycles. The molecule has 1 unspecified atom stereocenters. The molecular weight excluding hydrogens is 528 g/mol. The third-order valence-electron chi connectivity index (χ3n) is 5.20. The molecule has 0 spiro atoms. The lowest BCUT2D eigenvalue weighted by molar-refractivity contribution is -0.115. The number of anilines is 3. The van der Waals surface area contributed by atoms with E-state index < -0.39 is 0 Å². The topological polar surface area (TPSA) is 83.1 Å². The minimum absolute atomic E-state index is 0.00544. The molecule has 0 fully saturated rings. The van der Waals surface area contributed by atoms with Crippen molar-refractivity contribution in [1.29, 1.82) is 0 Å². The second-order valence-corrected chi connectivity index (χ2v) is 10.7. The zero-order chi connectivity index (χ0) is 26.4. The zero-order valence-electron chi connectivity index (χ0n) is 19.9. The number of halogens is 1. The Balaban J connectivity index is 1.31. The number of thiazole rings is 1. The Morgan fingerprint density at radius 3 is 2.38 bits per heavy atom. The SMILES string of the molecule is CC(=O)c1ccc(NC(=S)Nc2cccc(SC(C)C(=O)Nc3nc(-c4ccc(F)cc4)cs3)c2)cc1. The zero-order valence-corrected chi connectivity index (χ0v) is 22.4. The summed E-state index contributed by atoms with van der Waals surface area (Å²) >= 11 is 8.14. The van der Waals surface area contributed by atoms with Crippen LogP contribution in [0.5, 0.6) is 0 Å². The van der Waals surface area contributed by atoms with Gasteiger partial charge in [-0.2, -0.15) is 0 Å². The molecule has 10 heteroatoms. The summed E-state index contributed by atoms with van der Waals surface area (Å²) in [7, 11) is 0. The highest BCUT2D eigenvalue weighted by Crippen LogP contribution is 2.29. The average molecular weight is 551 g/mol. The normalized spacial score (nSPS) is 11.4. The molecule has 0 aliphatic heterocycles. The van der Waals surface area contributed by atoms with Crippen LogP contribution in [0.15, 0.2) is 83.1 Å². The quantitative estimate of drug-likeness (QED) is 0.123. The fourth-order valence-corrected chi connectivity index (χ4v) is 5.16. The van der Waals surface area contributed by atoms with Gasteiger partial charge in [0.1, 0.15) is 5.82 Å². The number of Topliss-reactive ketones (excluding diaryl/α,β-unsaturated/α-hetero) is 1. The Labute approximate surface area is 227 Å². The number of carbonyl (C=O) groups is 2. The van der Waals surface area contributed by atoms with Crippen LogP contribution in [0, 0.1) is 5.82 Å². The maximum absolute atomic E-state index is 13.2. The summed E-state index contributed by atoms with van der Waals surface area (Å²) in [6.07, 6.45) is 0. The molecule has 0 saturated heterocycles. The van der Waals surface area contributed by atoms with E-state index in [1.165, 1.54) is 42.2 Å². The number of hydrogen-bond acceptors (Lipinski definition) is 6. The maximum Gasteiger partial charge on any atom is 0.239 e. The third-order valence-corrected chi connectivity index (χ3v) is 7.25. The first kappa shape index (κ1) is 26.5. The van der Waals surface area contributed by atoms with Crippen LogP contribution in [-0.4, -0.2) is 27.0 Å². The minimum Gasteiger partial charge on any atom is -0.332 e. The van der Waals surface area contributed by atoms with Gasteiger partial charge in [0.2, 0.25) is 5.91 Å². The average Bonchev–Trinajstić information content (AvgIpc) is 3.33. The summed E-state index contributed by atoms with van der Waals surface area (Å²) in [5.74, 6) is -0.475. The van der Waals surface area contributed by atoms with Gasteiger partial charge in [-0.25, -0.2) is 9.37 Å². The van der Waals surface area contributed by atoms with Crippen molar-refractivity contribution < 1.29 is 14.0 Å². The summed E-state index contributed by atoms with van der Waals surface area (Å²) in [5, 5.41) is 11.4. The number of rotatable bonds is 8. The van der Waals surface area contributed by atoms with Gasteiger partial charge in [-0.05, 0) is 92.8 Å². The van der Waals surface area contributed by atoms with E-state index in [2.05, 4.69) is 20.9 Å². The number of hydrogen-bond donors (Lipinski definition) is 3. The lowest BCUT2D eigenvalue weighted by Gasteiger charge is -2.13. The van der Waals surface area contributed by atoms with Crippen LogP contribution in [-0.2, 0) is 4.79 Å². The smallest absolute Gasteiger partial charge is 0.239 e. The molecular formula is C27H23FN4O2S3. The van der Waals surface area contributed by atoms with E-state index in [4.69, 9.17) is 12.2 Å². The molecule has 0 saturated carbocycles. The van der Waals surface area contributed by atoms with Gasteiger partial charge < -0.3 is 16.0 Å². The number of thioether (sulfide) groups is 1. The number of amides is 1. The van der Waals surface area contributed by atoms with E-state index in [1.54, 1.807) is 36.4 Å². The number of carbonyl (C=O) groups excluding carboxylic acids is 2. The highest BCUT2D eigenvalue weighted by atomic mass is 32.2. The molecule has 3 N–H and O–H groups in total. The molecule has 0 aliphatic carbocycles. The Morgan fingerprint density at radius 2 is 1.68 bits per heavy atom. The van der Waals surface area contributed by atoms with E-state index in [9.17, 15) is 14.0 Å². The molecule has 6 nitrogen and oxygen atoms in total. The Bertz CT molecular complexity index is 1420. The molecule has 188 valence electrons. The highest BCUT2D eigenvalue weighted by molar-refractivity contribution is 8.00. The van der Waals surface area contributed by atoms with Crippen molar-refractivity contribution >= 4 is 68.6 Å². The Kier molecular flexibility index (Phi) is 8.65. The van der Waals surface area contributed by atoms with Crippen LogP contribution >= 0.6 is 35.3 Å². The lowest BCUT2D eigenvalue weighted by Crippen LogP contribution is -2.22. The van der Waals surface area contributed by atoms with Gasteiger partial charge >= 0.3 is 0 Å². The van der Waals surface area contributed by atoms with Gasteiger partial charge in [0.15, 0.2) is 16.0 Å². The van der Waals surface area contributed by atoms with Gasteiger partial charge in [-0.1, -0.05) is 6.07 Å². The van der Waals surface area contributed by atoms with Crippen molar-refractivity contribution in [2.75, 3.05) is 16.0 Å². The summed E-state index contributed by atoms with van der Waals surface area (Å²) in [6, 6.07) is 20.7. The highest BCUT2D eigenvalue weighted by Gasteiger charge is 2.17. The van der Waals surface area contributed by atoms with Crippen molar-refractivity contribution in [3.05, 3.63) is 89.6 Å². The molecule has 4 rings (SSSR count). The third kappa shape index (κ3) is 7.45. The monoisotopic (exact) mass is 550 g/mol. The molecule has 1 heterocycles. The molecule has 3 aromatic carbocycles. The second-order valence-electron chi connectivity index (χ2n) is 8.03. The van der Waals surface area contributed by atoms with E-state index in [0.717, 1.165) is 21.8 Å². The van der Waals surface area contributed by atoms with Gasteiger partial charge in [-0.3, -0.25) is 9.59 Å². The van der Waals surface area contributed by atoms with Crippen LogP contribution in [0.4, 0.5) is 20.9 Å². The standard InChI is InChI=1S/C27H23FN4O2S3/c1-16(33)18-8-12-21(13-9-18)29-26(35)30-22-4-3-5-23(14-22)37-17(2)25(34)32-27-31-24(15-36-27)19-6-10-20(28)11-7-19/h3-15,17H,1-2H3,(H2,29,30,35)(H,31,32,34). The van der Waals surface area contributed by atoms with Crippen LogP contribution in [0.2, 0.25) is 0 Å². The number of nitrogens with zero attached hydrogens (tertiary/aromatic N) is 1. The van der Waals surface area contributed by atoms with E-state index in [1.807, 2.05) is 36.6 Å². The summed E-state index contributed by atoms with van der Waals surface area (Å²) in [4.78, 5) is 29.5. The number of thiocarbonyl (C=S) groups is 1. The number of ketones is 1. The van der Waals surface area contributed by atoms with E-state index >= 15 is 0 Å². The second kappa shape index (κ2) is 12.1. The summed E-state index contributed by atoms with van der Waals surface area (Å²) < 4.78 is 13.2. The van der Waals surface area contributed by atoms with Crippen LogP contribution in [0.1, 0.15) is 24.2 Å². The Hall–Kier alpha value is -3.60. The van der Waals surface area contributed by atoms with Gasteiger partial charge in [0, 0.05) is 32.8 Å².